The molecule has 1 heterocycles. The van der Waals surface area contributed by atoms with Crippen molar-refractivity contribution in [2.45, 2.75) is 18.7 Å². The second-order valence-corrected chi connectivity index (χ2v) is 6.93. The Kier molecular flexibility index (Phi) is 3.77. The minimum Gasteiger partial charge on any atom is -0.496 e. The Labute approximate surface area is 116 Å². The summed E-state index contributed by atoms with van der Waals surface area (Å²) in [6, 6.07) is 4.72. The lowest BCUT2D eigenvalue weighted by Gasteiger charge is -2.08. The number of hydrogen-bond acceptors (Lipinski definition) is 5. The van der Waals surface area contributed by atoms with Crippen LogP contribution in [0.2, 0.25) is 0 Å². The normalized spacial score (nSPS) is 11.3. The van der Waals surface area contributed by atoms with Gasteiger partial charge in [-0.25, -0.2) is 13.4 Å². The van der Waals surface area contributed by atoms with Crippen molar-refractivity contribution in [3.63, 3.8) is 0 Å². The van der Waals surface area contributed by atoms with Crippen LogP contribution in [-0.2, 0) is 10.0 Å². The molecule has 1 aromatic carbocycles. The third-order valence-electron chi connectivity index (χ3n) is 2.52. The molecular formula is C12H14N2O3S2. The number of hydrogen-bond donors (Lipinski definition) is 1. The molecule has 0 amide bonds. The summed E-state index contributed by atoms with van der Waals surface area (Å²) >= 11 is 1.30. The van der Waals surface area contributed by atoms with Crippen molar-refractivity contribution in [3.8, 4) is 5.75 Å². The molecule has 19 heavy (non-hydrogen) atoms. The largest absolute Gasteiger partial charge is 0.496 e. The van der Waals surface area contributed by atoms with E-state index in [-0.39, 0.29) is 4.90 Å². The fourth-order valence-electron chi connectivity index (χ4n) is 1.59. The first-order valence-electron chi connectivity index (χ1n) is 5.52. The van der Waals surface area contributed by atoms with Crippen molar-refractivity contribution in [2.24, 2.45) is 0 Å². The molecular weight excluding hydrogens is 284 g/mol. The van der Waals surface area contributed by atoms with Crippen molar-refractivity contribution >= 4 is 26.5 Å². The maximum absolute atomic E-state index is 12.2. The number of rotatable bonds is 4. The highest BCUT2D eigenvalue weighted by Gasteiger charge is 2.17. The average molecular weight is 298 g/mol. The summed E-state index contributed by atoms with van der Waals surface area (Å²) in [5, 5.41) is 0.367. The van der Waals surface area contributed by atoms with E-state index >= 15 is 0 Å². The molecule has 102 valence electrons. The molecule has 0 spiro atoms. The van der Waals surface area contributed by atoms with Gasteiger partial charge in [0, 0.05) is 11.1 Å². The van der Waals surface area contributed by atoms with Crippen LogP contribution < -0.4 is 9.46 Å². The molecule has 0 bridgehead atoms. The highest BCUT2D eigenvalue weighted by atomic mass is 32.2. The zero-order chi connectivity index (χ0) is 14.0. The number of benzene rings is 1. The Balaban J connectivity index is 2.31. The van der Waals surface area contributed by atoms with Crippen molar-refractivity contribution < 1.29 is 13.2 Å². The molecule has 0 atom stereocenters. The lowest BCUT2D eigenvalue weighted by molar-refractivity contribution is 0.411. The van der Waals surface area contributed by atoms with Crippen molar-refractivity contribution in [3.05, 3.63) is 34.8 Å². The molecule has 0 aliphatic rings. The zero-order valence-corrected chi connectivity index (χ0v) is 12.4. The van der Waals surface area contributed by atoms with Crippen LogP contribution in [0.1, 0.15) is 10.4 Å². The minimum atomic E-state index is -3.61. The van der Waals surface area contributed by atoms with Crippen LogP contribution in [0.4, 0.5) is 5.13 Å². The molecule has 0 aliphatic carbocycles. The maximum atomic E-state index is 12.2. The Bertz CT molecular complexity index is 693. The number of anilines is 1. The van der Waals surface area contributed by atoms with Crippen molar-refractivity contribution in [1.82, 2.24) is 4.98 Å². The van der Waals surface area contributed by atoms with Gasteiger partial charge in [-0.1, -0.05) is 0 Å². The molecule has 2 aromatic rings. The SMILES string of the molecule is COc1ccc(S(=O)(=O)Nc2ncc(C)s2)cc1C. The summed E-state index contributed by atoms with van der Waals surface area (Å²) in [6.07, 6.45) is 1.63. The monoisotopic (exact) mass is 298 g/mol. The molecule has 0 saturated heterocycles. The Morgan fingerprint density at radius 2 is 2.05 bits per heavy atom. The van der Waals surface area contributed by atoms with Gasteiger partial charge in [-0.3, -0.25) is 4.72 Å². The fourth-order valence-corrected chi connectivity index (χ4v) is 3.59. The average Bonchev–Trinajstić information content (AvgIpc) is 2.73. The zero-order valence-electron chi connectivity index (χ0n) is 10.8. The van der Waals surface area contributed by atoms with Gasteiger partial charge in [0.05, 0.1) is 12.0 Å². The first kappa shape index (κ1) is 13.8. The molecule has 0 radical (unpaired) electrons. The van der Waals surface area contributed by atoms with Gasteiger partial charge in [0.2, 0.25) is 0 Å². The van der Waals surface area contributed by atoms with E-state index in [2.05, 4.69) is 9.71 Å². The Morgan fingerprint density at radius 3 is 2.58 bits per heavy atom. The van der Waals surface area contributed by atoms with Crippen LogP contribution in [0.25, 0.3) is 0 Å². The topological polar surface area (TPSA) is 68.3 Å². The number of aromatic nitrogens is 1. The van der Waals surface area contributed by atoms with Gasteiger partial charge in [0.1, 0.15) is 5.75 Å². The van der Waals surface area contributed by atoms with E-state index in [4.69, 9.17) is 4.74 Å². The molecule has 0 saturated carbocycles. The number of thiazole rings is 1. The first-order chi connectivity index (χ1) is 8.92. The van der Waals surface area contributed by atoms with Gasteiger partial charge in [0.15, 0.2) is 5.13 Å². The summed E-state index contributed by atoms with van der Waals surface area (Å²) in [5.41, 5.74) is 0.765. The molecule has 0 fully saturated rings. The van der Waals surface area contributed by atoms with Gasteiger partial charge < -0.3 is 4.74 Å². The molecule has 2 rings (SSSR count). The molecule has 1 N–H and O–H groups in total. The summed E-state index contributed by atoms with van der Waals surface area (Å²) in [4.78, 5) is 5.13. The standard InChI is InChI=1S/C12H14N2O3S2/c1-8-6-10(4-5-11(8)17-3)19(15,16)14-12-13-7-9(2)18-12/h4-7H,1-3H3,(H,13,14). The molecule has 1 aromatic heterocycles. The second kappa shape index (κ2) is 5.18. The van der Waals surface area contributed by atoms with Gasteiger partial charge in [0.25, 0.3) is 10.0 Å². The number of methoxy groups -OCH3 is 1. The number of nitrogens with zero attached hydrogens (tertiary/aromatic N) is 1. The van der Waals surface area contributed by atoms with Crippen molar-refractivity contribution in [2.75, 3.05) is 11.8 Å². The molecule has 0 unspecified atom stereocenters. The number of aryl methyl sites for hydroxylation is 2. The van der Waals surface area contributed by atoms with Crippen LogP contribution in [-0.4, -0.2) is 20.5 Å². The minimum absolute atomic E-state index is 0.193. The lowest BCUT2D eigenvalue weighted by Crippen LogP contribution is -2.12. The van der Waals surface area contributed by atoms with E-state index in [0.29, 0.717) is 10.9 Å². The highest BCUT2D eigenvalue weighted by molar-refractivity contribution is 7.93. The summed E-state index contributed by atoms with van der Waals surface area (Å²) < 4.78 is 31.9. The van der Waals surface area contributed by atoms with Crippen molar-refractivity contribution in [1.29, 1.82) is 0 Å². The lowest BCUT2D eigenvalue weighted by atomic mass is 10.2. The molecule has 5 nitrogen and oxygen atoms in total. The van der Waals surface area contributed by atoms with E-state index in [1.165, 1.54) is 17.4 Å². The predicted molar refractivity (Wildman–Crippen MR) is 75.4 cm³/mol. The number of ether oxygens (including phenoxy) is 1. The van der Waals surface area contributed by atoms with E-state index < -0.39 is 10.0 Å². The third kappa shape index (κ3) is 3.05. The van der Waals surface area contributed by atoms with Crippen LogP contribution in [0.3, 0.4) is 0 Å². The van der Waals surface area contributed by atoms with Gasteiger partial charge in [-0.2, -0.15) is 0 Å². The predicted octanol–water partition coefficient (Wildman–Crippen LogP) is 2.57. The first-order valence-corrected chi connectivity index (χ1v) is 7.82. The van der Waals surface area contributed by atoms with Crippen LogP contribution in [0.15, 0.2) is 29.3 Å². The quantitative estimate of drug-likeness (QED) is 0.942. The summed E-state index contributed by atoms with van der Waals surface area (Å²) in [7, 11) is -2.06. The van der Waals surface area contributed by atoms with Gasteiger partial charge in [-0.05, 0) is 37.6 Å². The smallest absolute Gasteiger partial charge is 0.263 e. The van der Waals surface area contributed by atoms with E-state index in [1.807, 2.05) is 6.92 Å². The second-order valence-electron chi connectivity index (χ2n) is 4.01. The van der Waals surface area contributed by atoms with E-state index in [9.17, 15) is 8.42 Å². The number of nitrogens with one attached hydrogen (secondary N) is 1. The Morgan fingerprint density at radius 1 is 1.32 bits per heavy atom. The third-order valence-corrected chi connectivity index (χ3v) is 4.81. The van der Waals surface area contributed by atoms with Gasteiger partial charge >= 0.3 is 0 Å². The Hall–Kier alpha value is -1.60. The molecule has 7 heteroatoms. The van der Waals surface area contributed by atoms with Crippen LogP contribution in [0, 0.1) is 13.8 Å². The molecule has 0 aliphatic heterocycles. The highest BCUT2D eigenvalue weighted by Crippen LogP contribution is 2.24. The van der Waals surface area contributed by atoms with E-state index in [0.717, 1.165) is 10.4 Å². The van der Waals surface area contributed by atoms with E-state index in [1.54, 1.807) is 32.4 Å². The number of sulfonamides is 1. The van der Waals surface area contributed by atoms with Gasteiger partial charge in [-0.15, -0.1) is 11.3 Å². The maximum Gasteiger partial charge on any atom is 0.263 e. The summed E-state index contributed by atoms with van der Waals surface area (Å²) in [6.45, 7) is 3.67. The van der Waals surface area contributed by atoms with Crippen LogP contribution in [0.5, 0.6) is 5.75 Å². The fraction of sp³-hybridized carbons (Fsp3) is 0.250. The van der Waals surface area contributed by atoms with Crippen LogP contribution >= 0.6 is 11.3 Å². The summed E-state index contributed by atoms with van der Waals surface area (Å²) in [5.74, 6) is 0.657.